The first-order valence-electron chi connectivity index (χ1n) is 6.78. The Labute approximate surface area is 113 Å². The number of fused-ring (bicyclic) bond motifs is 1. The van der Waals surface area contributed by atoms with Crippen LogP contribution < -0.4 is 0 Å². The van der Waals surface area contributed by atoms with Gasteiger partial charge in [0.05, 0.1) is 0 Å². The van der Waals surface area contributed by atoms with E-state index in [0.29, 0.717) is 0 Å². The monoisotopic (exact) mass is 266 g/mol. The summed E-state index contributed by atoms with van der Waals surface area (Å²) in [6, 6.07) is 4.74. The van der Waals surface area contributed by atoms with Crippen molar-refractivity contribution in [1.82, 2.24) is 0 Å². The predicted molar refractivity (Wildman–Crippen MR) is 81.5 cm³/mol. The van der Waals surface area contributed by atoms with Crippen molar-refractivity contribution in [3.63, 3.8) is 0 Å². The van der Waals surface area contributed by atoms with Crippen LogP contribution in [0.3, 0.4) is 0 Å². The van der Waals surface area contributed by atoms with E-state index in [1.165, 1.54) is 59.2 Å². The van der Waals surface area contributed by atoms with Crippen molar-refractivity contribution in [1.29, 1.82) is 0 Å². The molecule has 0 atom stereocenters. The number of unbranched alkanes of at least 4 members (excludes halogenated alkanes) is 5. The molecule has 0 aliphatic heterocycles. The van der Waals surface area contributed by atoms with Gasteiger partial charge >= 0.3 is 0 Å². The molecule has 0 radical (unpaired) electrons. The van der Waals surface area contributed by atoms with E-state index in [4.69, 9.17) is 0 Å². The van der Waals surface area contributed by atoms with Crippen LogP contribution in [0.5, 0.6) is 0 Å². The quantitative estimate of drug-likeness (QED) is 0.525. The Morgan fingerprint density at radius 1 is 0.882 bits per heavy atom. The van der Waals surface area contributed by atoms with E-state index in [-0.39, 0.29) is 0 Å². The Morgan fingerprint density at radius 2 is 1.59 bits per heavy atom. The Balaban J connectivity index is 1.73. The zero-order valence-electron chi connectivity index (χ0n) is 10.9. The molecule has 2 heterocycles. The summed E-state index contributed by atoms with van der Waals surface area (Å²) in [6.45, 7) is 4.48. The molecular formula is C15H22S2. The van der Waals surface area contributed by atoms with E-state index in [9.17, 15) is 0 Å². The van der Waals surface area contributed by atoms with Crippen molar-refractivity contribution in [2.24, 2.45) is 0 Å². The summed E-state index contributed by atoms with van der Waals surface area (Å²) in [5.41, 5.74) is 0. The first kappa shape index (κ1) is 13.1. The minimum Gasteiger partial charge on any atom is -0.140 e. The van der Waals surface area contributed by atoms with Crippen LogP contribution in [0.1, 0.15) is 55.2 Å². The Morgan fingerprint density at radius 3 is 2.35 bits per heavy atom. The minimum absolute atomic E-state index is 1.29. The van der Waals surface area contributed by atoms with Crippen LogP contribution in [0.15, 0.2) is 12.1 Å². The zero-order valence-corrected chi connectivity index (χ0v) is 12.6. The minimum atomic E-state index is 1.29. The Hall–Kier alpha value is -0.340. The van der Waals surface area contributed by atoms with Gasteiger partial charge in [-0.1, -0.05) is 39.0 Å². The summed E-state index contributed by atoms with van der Waals surface area (Å²) in [7, 11) is 0. The fourth-order valence-corrected chi connectivity index (χ4v) is 4.59. The highest BCUT2D eigenvalue weighted by molar-refractivity contribution is 7.27. The molecule has 2 heteroatoms. The standard InChI is InChI=1S/C15H22S2/c1-3-4-5-6-7-8-9-13-11-15-14(17-13)10-12(2)16-15/h10-11H,3-9H2,1-2H3. The molecule has 17 heavy (non-hydrogen) atoms. The summed E-state index contributed by atoms with van der Waals surface area (Å²) in [5, 5.41) is 0. The SMILES string of the molecule is CCCCCCCCc1cc2sc(C)cc2s1. The third kappa shape index (κ3) is 3.82. The smallest absolute Gasteiger partial charge is 0.0456 e. The second-order valence-corrected chi connectivity index (χ2v) is 7.27. The van der Waals surface area contributed by atoms with E-state index in [1.807, 2.05) is 22.7 Å². The molecule has 94 valence electrons. The molecule has 0 N–H and O–H groups in total. The molecule has 0 aromatic carbocycles. The highest BCUT2D eigenvalue weighted by atomic mass is 32.1. The highest BCUT2D eigenvalue weighted by Crippen LogP contribution is 2.33. The van der Waals surface area contributed by atoms with Gasteiger partial charge in [0.25, 0.3) is 0 Å². The first-order valence-corrected chi connectivity index (χ1v) is 8.41. The van der Waals surface area contributed by atoms with Crippen LogP contribution in [0.2, 0.25) is 0 Å². The normalized spacial score (nSPS) is 11.4. The molecule has 0 saturated carbocycles. The lowest BCUT2D eigenvalue weighted by molar-refractivity contribution is 0.609. The molecule has 2 aromatic heterocycles. The highest BCUT2D eigenvalue weighted by Gasteiger charge is 2.04. The maximum Gasteiger partial charge on any atom is 0.0456 e. The number of aryl methyl sites for hydroxylation is 2. The van der Waals surface area contributed by atoms with Crippen LogP contribution in [0.4, 0.5) is 0 Å². The van der Waals surface area contributed by atoms with Gasteiger partial charge < -0.3 is 0 Å². The van der Waals surface area contributed by atoms with E-state index >= 15 is 0 Å². The molecule has 0 bridgehead atoms. The molecule has 2 rings (SSSR count). The maximum atomic E-state index is 2.41. The van der Waals surface area contributed by atoms with Crippen molar-refractivity contribution < 1.29 is 0 Å². The van der Waals surface area contributed by atoms with Gasteiger partial charge in [-0.05, 0) is 31.9 Å². The largest absolute Gasteiger partial charge is 0.140 e. The molecular weight excluding hydrogens is 244 g/mol. The molecule has 0 spiro atoms. The van der Waals surface area contributed by atoms with Crippen molar-refractivity contribution in [2.45, 2.75) is 58.8 Å². The van der Waals surface area contributed by atoms with Gasteiger partial charge in [0, 0.05) is 19.2 Å². The van der Waals surface area contributed by atoms with Crippen LogP contribution in [0.25, 0.3) is 9.40 Å². The van der Waals surface area contributed by atoms with Gasteiger partial charge in [-0.2, -0.15) is 0 Å². The van der Waals surface area contributed by atoms with Crippen LogP contribution in [-0.4, -0.2) is 0 Å². The lowest BCUT2D eigenvalue weighted by Crippen LogP contribution is -1.82. The molecule has 0 amide bonds. The summed E-state index contributed by atoms with van der Waals surface area (Å²) in [4.78, 5) is 3.03. The average molecular weight is 266 g/mol. The van der Waals surface area contributed by atoms with Crippen molar-refractivity contribution >= 4 is 32.1 Å². The molecule has 2 aromatic rings. The molecule has 0 saturated heterocycles. The van der Waals surface area contributed by atoms with Crippen LogP contribution >= 0.6 is 22.7 Å². The molecule has 0 aliphatic carbocycles. The summed E-state index contributed by atoms with van der Waals surface area (Å²) in [5.74, 6) is 0. The van der Waals surface area contributed by atoms with Crippen LogP contribution in [-0.2, 0) is 6.42 Å². The lowest BCUT2D eigenvalue weighted by Gasteiger charge is -1.99. The summed E-state index contributed by atoms with van der Waals surface area (Å²) < 4.78 is 2.99. The van der Waals surface area contributed by atoms with E-state index in [2.05, 4.69) is 26.0 Å². The second kappa shape index (κ2) is 6.55. The fraction of sp³-hybridized carbons (Fsp3) is 0.600. The van der Waals surface area contributed by atoms with Crippen molar-refractivity contribution in [3.05, 3.63) is 21.9 Å². The number of rotatable bonds is 7. The van der Waals surface area contributed by atoms with E-state index in [0.717, 1.165) is 0 Å². The fourth-order valence-electron chi connectivity index (χ4n) is 2.21. The molecule has 0 aliphatic rings. The van der Waals surface area contributed by atoms with Crippen molar-refractivity contribution in [2.75, 3.05) is 0 Å². The van der Waals surface area contributed by atoms with Gasteiger partial charge in [-0.15, -0.1) is 22.7 Å². The van der Waals surface area contributed by atoms with E-state index < -0.39 is 0 Å². The van der Waals surface area contributed by atoms with Gasteiger partial charge in [0.1, 0.15) is 0 Å². The van der Waals surface area contributed by atoms with Crippen LogP contribution in [0, 0.1) is 6.92 Å². The third-order valence-corrected chi connectivity index (χ3v) is 5.43. The number of hydrogen-bond acceptors (Lipinski definition) is 2. The van der Waals surface area contributed by atoms with Gasteiger partial charge in [-0.25, -0.2) is 0 Å². The topological polar surface area (TPSA) is 0 Å². The molecule has 0 nitrogen and oxygen atoms in total. The van der Waals surface area contributed by atoms with E-state index in [1.54, 1.807) is 4.88 Å². The molecule has 0 unspecified atom stereocenters. The number of thiophene rings is 2. The van der Waals surface area contributed by atoms with Crippen molar-refractivity contribution in [3.8, 4) is 0 Å². The van der Waals surface area contributed by atoms with Gasteiger partial charge in [0.15, 0.2) is 0 Å². The predicted octanol–water partition coefficient (Wildman–Crippen LogP) is 6.17. The maximum absolute atomic E-state index is 2.41. The zero-order chi connectivity index (χ0) is 12.1. The second-order valence-electron chi connectivity index (χ2n) is 4.82. The molecule has 0 fully saturated rings. The summed E-state index contributed by atoms with van der Waals surface area (Å²) >= 11 is 3.93. The van der Waals surface area contributed by atoms with Gasteiger partial charge in [0.2, 0.25) is 0 Å². The first-order chi connectivity index (χ1) is 8.29. The number of hydrogen-bond donors (Lipinski definition) is 0. The third-order valence-electron chi connectivity index (χ3n) is 3.16. The lowest BCUT2D eigenvalue weighted by atomic mass is 10.1. The Bertz CT molecular complexity index is 419. The van der Waals surface area contributed by atoms with Gasteiger partial charge in [-0.3, -0.25) is 0 Å². The summed E-state index contributed by atoms with van der Waals surface area (Å²) in [6.07, 6.45) is 9.68. The Kier molecular flexibility index (Phi) is 5.05. The average Bonchev–Trinajstić information content (AvgIpc) is 2.80.